The van der Waals surface area contributed by atoms with Crippen molar-refractivity contribution < 1.29 is 9.53 Å². The van der Waals surface area contributed by atoms with Gasteiger partial charge in [-0.15, -0.1) is 0 Å². The molecule has 0 fully saturated rings. The van der Waals surface area contributed by atoms with Gasteiger partial charge in [-0.2, -0.15) is 0 Å². The summed E-state index contributed by atoms with van der Waals surface area (Å²) in [7, 11) is 1.51. The average molecular weight is 322 g/mol. The molecular formula is C15H16ClN3O3. The molecule has 2 rings (SSSR count). The Labute approximate surface area is 132 Å². The lowest BCUT2D eigenvalue weighted by Gasteiger charge is -2.09. The first-order valence-electron chi connectivity index (χ1n) is 6.60. The molecule has 22 heavy (non-hydrogen) atoms. The van der Waals surface area contributed by atoms with Gasteiger partial charge in [-0.05, 0) is 32.0 Å². The molecule has 1 aromatic heterocycles. The number of ether oxygens (including phenoxy) is 1. The largest absolute Gasteiger partial charge is 0.495 e. The summed E-state index contributed by atoms with van der Waals surface area (Å²) < 4.78 is 5.04. The zero-order chi connectivity index (χ0) is 16.3. The lowest BCUT2D eigenvalue weighted by molar-refractivity contribution is -0.115. The van der Waals surface area contributed by atoms with Crippen molar-refractivity contribution in [1.29, 1.82) is 0 Å². The van der Waals surface area contributed by atoms with E-state index in [1.165, 1.54) is 7.11 Å². The van der Waals surface area contributed by atoms with Gasteiger partial charge in [0, 0.05) is 16.9 Å². The van der Waals surface area contributed by atoms with Crippen molar-refractivity contribution in [3.63, 3.8) is 0 Å². The van der Waals surface area contributed by atoms with Crippen LogP contribution in [0.15, 0.2) is 23.0 Å². The van der Waals surface area contributed by atoms with Gasteiger partial charge in [-0.1, -0.05) is 11.6 Å². The van der Waals surface area contributed by atoms with Crippen LogP contribution in [-0.2, 0) is 11.2 Å². The van der Waals surface area contributed by atoms with Crippen LogP contribution in [0.3, 0.4) is 0 Å². The zero-order valence-electron chi connectivity index (χ0n) is 12.5. The first-order valence-corrected chi connectivity index (χ1v) is 6.98. The lowest BCUT2D eigenvalue weighted by Crippen LogP contribution is -2.24. The van der Waals surface area contributed by atoms with Crippen LogP contribution in [0.5, 0.6) is 5.75 Å². The minimum absolute atomic E-state index is 0.0574. The number of nitrogens with zero attached hydrogens (tertiary/aromatic N) is 1. The van der Waals surface area contributed by atoms with Gasteiger partial charge < -0.3 is 15.0 Å². The second-order valence-electron chi connectivity index (χ2n) is 4.79. The minimum atomic E-state index is -0.319. The standard InChI is InChI=1S/C15H16ClN3O3/c1-8-11(15(21)18-9(2)17-8)7-14(20)19-10-4-5-13(22-3)12(16)6-10/h4-6H,7H2,1-3H3,(H,19,20)(H,17,18,21). The van der Waals surface area contributed by atoms with Gasteiger partial charge in [0.05, 0.1) is 18.6 Å². The number of aromatic nitrogens is 2. The Morgan fingerprint density at radius 3 is 2.73 bits per heavy atom. The summed E-state index contributed by atoms with van der Waals surface area (Å²) in [5.41, 5.74) is 1.13. The average Bonchev–Trinajstić information content (AvgIpc) is 2.43. The summed E-state index contributed by atoms with van der Waals surface area (Å²) in [5.74, 6) is 0.726. The quantitative estimate of drug-likeness (QED) is 0.904. The van der Waals surface area contributed by atoms with Crippen LogP contribution in [0.25, 0.3) is 0 Å². The van der Waals surface area contributed by atoms with E-state index in [9.17, 15) is 9.59 Å². The molecule has 0 unspecified atom stereocenters. The second-order valence-corrected chi connectivity index (χ2v) is 5.20. The summed E-state index contributed by atoms with van der Waals surface area (Å²) in [5, 5.41) is 3.09. The van der Waals surface area contributed by atoms with Crippen molar-refractivity contribution in [2.45, 2.75) is 20.3 Å². The van der Waals surface area contributed by atoms with Crippen LogP contribution in [0, 0.1) is 13.8 Å². The fourth-order valence-electron chi connectivity index (χ4n) is 2.07. The van der Waals surface area contributed by atoms with Gasteiger partial charge in [0.15, 0.2) is 0 Å². The molecule has 1 heterocycles. The number of amides is 1. The molecule has 116 valence electrons. The molecule has 1 amide bonds. The number of halogens is 1. The number of hydrogen-bond donors (Lipinski definition) is 2. The molecule has 1 aromatic carbocycles. The van der Waals surface area contributed by atoms with Crippen molar-refractivity contribution in [3.8, 4) is 5.75 Å². The van der Waals surface area contributed by atoms with E-state index in [1.54, 1.807) is 32.0 Å². The Morgan fingerprint density at radius 1 is 1.41 bits per heavy atom. The molecule has 0 radical (unpaired) electrons. The first kappa shape index (κ1) is 16.0. The highest BCUT2D eigenvalue weighted by atomic mass is 35.5. The number of aromatic amines is 1. The Hall–Kier alpha value is -2.34. The second kappa shape index (κ2) is 6.62. The van der Waals surface area contributed by atoms with Gasteiger partial charge >= 0.3 is 0 Å². The number of methoxy groups -OCH3 is 1. The smallest absolute Gasteiger partial charge is 0.254 e. The number of H-pyrrole nitrogens is 1. The summed E-state index contributed by atoms with van der Waals surface area (Å²) >= 11 is 6.00. The predicted octanol–water partition coefficient (Wildman–Crippen LogP) is 2.23. The maximum atomic E-state index is 12.1. The molecule has 7 heteroatoms. The Morgan fingerprint density at radius 2 is 2.14 bits per heavy atom. The van der Waals surface area contributed by atoms with Crippen molar-refractivity contribution in [2.75, 3.05) is 12.4 Å². The van der Waals surface area contributed by atoms with Gasteiger partial charge in [0.25, 0.3) is 5.56 Å². The van der Waals surface area contributed by atoms with Crippen LogP contribution in [-0.4, -0.2) is 23.0 Å². The third kappa shape index (κ3) is 3.65. The van der Waals surface area contributed by atoms with Crippen LogP contribution in [0.2, 0.25) is 5.02 Å². The highest BCUT2D eigenvalue weighted by Gasteiger charge is 2.12. The molecule has 2 N–H and O–H groups in total. The molecule has 0 saturated heterocycles. The number of benzene rings is 1. The third-order valence-electron chi connectivity index (χ3n) is 3.11. The summed E-state index contributed by atoms with van der Waals surface area (Å²) in [6.07, 6.45) is -0.0574. The lowest BCUT2D eigenvalue weighted by atomic mass is 10.1. The number of rotatable bonds is 4. The van der Waals surface area contributed by atoms with Crippen LogP contribution in [0.4, 0.5) is 5.69 Å². The van der Waals surface area contributed by atoms with E-state index in [1.807, 2.05) is 0 Å². The maximum Gasteiger partial charge on any atom is 0.254 e. The summed E-state index contributed by atoms with van der Waals surface area (Å²) in [4.78, 5) is 30.7. The number of carbonyl (C=O) groups excluding carboxylic acids is 1. The third-order valence-corrected chi connectivity index (χ3v) is 3.41. The molecule has 6 nitrogen and oxygen atoms in total. The van der Waals surface area contributed by atoms with Gasteiger partial charge in [-0.3, -0.25) is 9.59 Å². The van der Waals surface area contributed by atoms with Gasteiger partial charge in [0.1, 0.15) is 11.6 Å². The summed E-state index contributed by atoms with van der Waals surface area (Å²) in [6.45, 7) is 3.40. The number of anilines is 1. The van der Waals surface area contributed by atoms with E-state index in [-0.39, 0.29) is 17.9 Å². The van der Waals surface area contributed by atoms with E-state index >= 15 is 0 Å². The summed E-state index contributed by atoms with van der Waals surface area (Å²) in [6, 6.07) is 4.92. The fourth-order valence-corrected chi connectivity index (χ4v) is 2.33. The Balaban J connectivity index is 2.14. The molecule has 0 bridgehead atoms. The Bertz CT molecular complexity index is 771. The topological polar surface area (TPSA) is 84.1 Å². The highest BCUT2D eigenvalue weighted by Crippen LogP contribution is 2.27. The van der Waals surface area contributed by atoms with E-state index in [2.05, 4.69) is 15.3 Å². The fraction of sp³-hybridized carbons (Fsp3) is 0.267. The van der Waals surface area contributed by atoms with Crippen LogP contribution in [0.1, 0.15) is 17.1 Å². The molecule has 0 aliphatic rings. The SMILES string of the molecule is COc1ccc(NC(=O)Cc2c(C)nc(C)[nH]c2=O)cc1Cl. The van der Waals surface area contributed by atoms with Crippen molar-refractivity contribution >= 4 is 23.2 Å². The van der Waals surface area contributed by atoms with E-state index < -0.39 is 0 Å². The maximum absolute atomic E-state index is 12.1. The number of nitrogens with one attached hydrogen (secondary N) is 2. The van der Waals surface area contributed by atoms with Crippen molar-refractivity contribution in [1.82, 2.24) is 9.97 Å². The van der Waals surface area contributed by atoms with Gasteiger partial charge in [-0.25, -0.2) is 4.98 Å². The molecule has 0 aliphatic carbocycles. The normalized spacial score (nSPS) is 10.4. The molecule has 0 saturated carbocycles. The van der Waals surface area contributed by atoms with E-state index in [4.69, 9.17) is 16.3 Å². The minimum Gasteiger partial charge on any atom is -0.495 e. The first-order chi connectivity index (χ1) is 10.4. The predicted molar refractivity (Wildman–Crippen MR) is 84.7 cm³/mol. The Kier molecular flexibility index (Phi) is 4.82. The van der Waals surface area contributed by atoms with Crippen LogP contribution < -0.4 is 15.6 Å². The van der Waals surface area contributed by atoms with Crippen molar-refractivity contribution in [3.05, 3.63) is 50.7 Å². The molecule has 0 spiro atoms. The highest BCUT2D eigenvalue weighted by molar-refractivity contribution is 6.32. The van der Waals surface area contributed by atoms with Crippen molar-refractivity contribution in [2.24, 2.45) is 0 Å². The number of aryl methyl sites for hydroxylation is 2. The number of carbonyl (C=O) groups is 1. The zero-order valence-corrected chi connectivity index (χ0v) is 13.2. The van der Waals surface area contributed by atoms with Crippen LogP contribution >= 0.6 is 11.6 Å². The van der Waals surface area contributed by atoms with E-state index in [0.29, 0.717) is 33.5 Å². The van der Waals surface area contributed by atoms with Gasteiger partial charge in [0.2, 0.25) is 5.91 Å². The number of hydrogen-bond acceptors (Lipinski definition) is 4. The molecule has 0 atom stereocenters. The monoisotopic (exact) mass is 321 g/mol. The molecule has 2 aromatic rings. The van der Waals surface area contributed by atoms with E-state index in [0.717, 1.165) is 0 Å². The molecular weight excluding hydrogens is 306 g/mol. The molecule has 0 aliphatic heterocycles.